The lowest BCUT2D eigenvalue weighted by molar-refractivity contribution is -0.141. The van der Waals surface area contributed by atoms with Crippen molar-refractivity contribution in [3.05, 3.63) is 30.3 Å². The molecule has 0 spiro atoms. The van der Waals surface area contributed by atoms with E-state index in [0.29, 0.717) is 5.75 Å². The summed E-state index contributed by atoms with van der Waals surface area (Å²) >= 11 is 0. The number of nitrogens with one attached hydrogen (secondary N) is 1. The molecule has 110 valence electrons. The number of carboxylic acid groups (broad SMARTS) is 1. The van der Waals surface area contributed by atoms with Crippen molar-refractivity contribution in [1.29, 1.82) is 0 Å². The van der Waals surface area contributed by atoms with Crippen LogP contribution >= 0.6 is 0 Å². The highest BCUT2D eigenvalue weighted by Crippen LogP contribution is 2.08. The van der Waals surface area contributed by atoms with E-state index in [-0.39, 0.29) is 19.6 Å². The predicted molar refractivity (Wildman–Crippen MR) is 71.2 cm³/mol. The van der Waals surface area contributed by atoms with E-state index >= 15 is 0 Å². The maximum Gasteiger partial charge on any atom is 0.321 e. The van der Waals surface area contributed by atoms with Gasteiger partial charge in [-0.05, 0) is 12.1 Å². The monoisotopic (exact) mass is 282 g/mol. The first-order valence-corrected chi connectivity index (χ1v) is 6.09. The van der Waals surface area contributed by atoms with E-state index in [1.165, 1.54) is 0 Å². The summed E-state index contributed by atoms with van der Waals surface area (Å²) < 4.78 is 5.31. The molecule has 0 unspecified atom stereocenters. The molecule has 7 heteroatoms. The van der Waals surface area contributed by atoms with E-state index in [4.69, 9.17) is 15.6 Å². The summed E-state index contributed by atoms with van der Waals surface area (Å²) in [4.78, 5) is 21.5. The Labute approximate surface area is 116 Å². The van der Waals surface area contributed by atoms with Gasteiger partial charge < -0.3 is 26.0 Å². The van der Waals surface area contributed by atoms with Crippen molar-refractivity contribution in [3.8, 4) is 5.75 Å². The molecular weight excluding hydrogens is 264 g/mol. The summed E-state index contributed by atoms with van der Waals surface area (Å²) in [6.45, 7) is -0.00297. The van der Waals surface area contributed by atoms with Gasteiger partial charge in [0.2, 0.25) is 5.91 Å². The molecule has 0 radical (unpaired) electrons. The second-order valence-electron chi connectivity index (χ2n) is 4.25. The van der Waals surface area contributed by atoms with Crippen LogP contribution in [0.4, 0.5) is 0 Å². The zero-order valence-corrected chi connectivity index (χ0v) is 10.9. The Morgan fingerprint density at radius 2 is 1.95 bits per heavy atom. The van der Waals surface area contributed by atoms with E-state index < -0.39 is 24.0 Å². The predicted octanol–water partition coefficient (Wildman–Crippen LogP) is -0.655. The van der Waals surface area contributed by atoms with Crippen molar-refractivity contribution in [3.63, 3.8) is 0 Å². The molecule has 2 atom stereocenters. The summed E-state index contributed by atoms with van der Waals surface area (Å²) in [5.41, 5.74) is 4.94. The van der Waals surface area contributed by atoms with E-state index in [2.05, 4.69) is 5.32 Å². The lowest BCUT2D eigenvalue weighted by atomic mass is 10.2. The highest BCUT2D eigenvalue weighted by molar-refractivity contribution is 5.83. The van der Waals surface area contributed by atoms with Gasteiger partial charge in [-0.25, -0.2) is 0 Å². The number of carbonyl (C=O) groups excluding carboxylic acids is 1. The fourth-order valence-electron chi connectivity index (χ4n) is 1.49. The standard InChI is InChI=1S/C13H18N2O5/c14-12(17)6-11(13(18)19)15-7-9(16)8-20-10-4-2-1-3-5-10/h1-5,9,11,15-16H,6-8H2,(H2,14,17)(H,18,19)/t9-,11+/m1/s1. The molecule has 7 nitrogen and oxygen atoms in total. The fourth-order valence-corrected chi connectivity index (χ4v) is 1.49. The fraction of sp³-hybridized carbons (Fsp3) is 0.385. The third-order valence-electron chi connectivity index (χ3n) is 2.49. The van der Waals surface area contributed by atoms with Gasteiger partial charge in [0.05, 0.1) is 6.42 Å². The van der Waals surface area contributed by atoms with E-state index in [1.54, 1.807) is 24.3 Å². The second-order valence-corrected chi connectivity index (χ2v) is 4.25. The molecule has 1 aromatic carbocycles. The second kappa shape index (κ2) is 8.13. The van der Waals surface area contributed by atoms with Crippen LogP contribution in [0.2, 0.25) is 0 Å². The molecule has 1 aromatic rings. The number of amides is 1. The number of hydrogen-bond acceptors (Lipinski definition) is 5. The van der Waals surface area contributed by atoms with Crippen LogP contribution < -0.4 is 15.8 Å². The highest BCUT2D eigenvalue weighted by atomic mass is 16.5. The molecule has 0 fully saturated rings. The Kier molecular flexibility index (Phi) is 6.48. The van der Waals surface area contributed by atoms with Crippen LogP contribution in [0.15, 0.2) is 30.3 Å². The number of aliphatic carboxylic acids is 1. The topological polar surface area (TPSA) is 122 Å². The molecule has 5 N–H and O–H groups in total. The number of ether oxygens (including phenoxy) is 1. The number of aliphatic hydroxyl groups excluding tert-OH is 1. The average Bonchev–Trinajstić information content (AvgIpc) is 2.41. The Morgan fingerprint density at radius 1 is 1.30 bits per heavy atom. The highest BCUT2D eigenvalue weighted by Gasteiger charge is 2.20. The molecule has 0 saturated heterocycles. The number of para-hydroxylation sites is 1. The number of carboxylic acids is 1. The van der Waals surface area contributed by atoms with E-state index in [1.807, 2.05) is 6.07 Å². The van der Waals surface area contributed by atoms with Gasteiger partial charge in [-0.15, -0.1) is 0 Å². The minimum Gasteiger partial charge on any atom is -0.491 e. The molecule has 1 rings (SSSR count). The van der Waals surface area contributed by atoms with Gasteiger partial charge in [0.25, 0.3) is 0 Å². The maximum atomic E-state index is 10.8. The molecule has 0 aromatic heterocycles. The van der Waals surface area contributed by atoms with Crippen molar-refractivity contribution in [2.75, 3.05) is 13.2 Å². The van der Waals surface area contributed by atoms with Crippen LogP contribution in [0.3, 0.4) is 0 Å². The van der Waals surface area contributed by atoms with Crippen LogP contribution in [0.1, 0.15) is 6.42 Å². The van der Waals surface area contributed by atoms with E-state index in [9.17, 15) is 14.7 Å². The zero-order valence-electron chi connectivity index (χ0n) is 10.9. The molecule has 0 aliphatic heterocycles. The Bertz CT molecular complexity index is 438. The van der Waals surface area contributed by atoms with Crippen molar-refractivity contribution in [2.45, 2.75) is 18.6 Å². The summed E-state index contributed by atoms with van der Waals surface area (Å²) in [7, 11) is 0. The minimum absolute atomic E-state index is 0.0138. The number of carbonyl (C=O) groups is 2. The molecule has 0 bridgehead atoms. The van der Waals surface area contributed by atoms with Gasteiger partial charge in [0.1, 0.15) is 24.5 Å². The number of aliphatic hydroxyl groups is 1. The van der Waals surface area contributed by atoms with Crippen LogP contribution in [0, 0.1) is 0 Å². The number of nitrogens with two attached hydrogens (primary N) is 1. The molecule has 20 heavy (non-hydrogen) atoms. The molecule has 0 saturated carbocycles. The van der Waals surface area contributed by atoms with Crippen LogP contribution in [0.25, 0.3) is 0 Å². The lowest BCUT2D eigenvalue weighted by Gasteiger charge is -2.16. The molecular formula is C13H18N2O5. The summed E-state index contributed by atoms with van der Waals surface area (Å²) in [5.74, 6) is -1.31. The van der Waals surface area contributed by atoms with E-state index in [0.717, 1.165) is 0 Å². The quantitative estimate of drug-likeness (QED) is 0.477. The minimum atomic E-state index is -1.19. The van der Waals surface area contributed by atoms with Crippen LogP contribution in [-0.4, -0.2) is 47.4 Å². The smallest absolute Gasteiger partial charge is 0.321 e. The normalized spacial score (nSPS) is 13.4. The molecule has 0 aliphatic rings. The SMILES string of the molecule is NC(=O)C[C@H](NC[C@@H](O)COc1ccccc1)C(=O)O. The Morgan fingerprint density at radius 3 is 2.50 bits per heavy atom. The Balaban J connectivity index is 2.32. The molecule has 0 aliphatic carbocycles. The number of primary amides is 1. The van der Waals surface area contributed by atoms with Crippen LogP contribution in [0.5, 0.6) is 5.75 Å². The van der Waals surface area contributed by atoms with Gasteiger partial charge >= 0.3 is 5.97 Å². The Hall–Kier alpha value is -2.12. The largest absolute Gasteiger partial charge is 0.491 e. The maximum absolute atomic E-state index is 10.8. The summed E-state index contributed by atoms with van der Waals surface area (Å²) in [6, 6.07) is 7.81. The number of hydrogen-bond donors (Lipinski definition) is 4. The third-order valence-corrected chi connectivity index (χ3v) is 2.49. The molecule has 0 heterocycles. The van der Waals surface area contributed by atoms with Gasteiger partial charge in [0.15, 0.2) is 0 Å². The van der Waals surface area contributed by atoms with Gasteiger partial charge in [-0.1, -0.05) is 18.2 Å². The van der Waals surface area contributed by atoms with Crippen molar-refractivity contribution >= 4 is 11.9 Å². The van der Waals surface area contributed by atoms with Crippen molar-refractivity contribution in [1.82, 2.24) is 5.32 Å². The summed E-state index contributed by atoms with van der Waals surface area (Å²) in [5, 5.41) is 21.1. The number of benzene rings is 1. The van der Waals surface area contributed by atoms with Crippen molar-refractivity contribution in [2.24, 2.45) is 5.73 Å². The first-order valence-electron chi connectivity index (χ1n) is 6.09. The van der Waals surface area contributed by atoms with Gasteiger partial charge in [-0.3, -0.25) is 9.59 Å². The van der Waals surface area contributed by atoms with Gasteiger partial charge in [-0.2, -0.15) is 0 Å². The summed E-state index contributed by atoms with van der Waals surface area (Å²) in [6.07, 6.45) is -1.23. The van der Waals surface area contributed by atoms with Crippen LogP contribution in [-0.2, 0) is 9.59 Å². The first kappa shape index (κ1) is 15.9. The zero-order chi connectivity index (χ0) is 15.0. The lowest BCUT2D eigenvalue weighted by Crippen LogP contribution is -2.44. The number of rotatable bonds is 9. The van der Waals surface area contributed by atoms with Gasteiger partial charge in [0, 0.05) is 6.54 Å². The third kappa shape index (κ3) is 6.17. The van der Waals surface area contributed by atoms with Crippen molar-refractivity contribution < 1.29 is 24.5 Å². The molecule has 1 amide bonds. The average molecular weight is 282 g/mol. The first-order chi connectivity index (χ1) is 9.49.